The Morgan fingerprint density at radius 1 is 1.12 bits per heavy atom. The van der Waals surface area contributed by atoms with Crippen LogP contribution >= 0.6 is 0 Å². The maximum absolute atomic E-state index is 9.60. The van der Waals surface area contributed by atoms with Crippen molar-refractivity contribution in [2.45, 2.75) is 51.6 Å². The summed E-state index contributed by atoms with van der Waals surface area (Å²) in [6, 6.07) is 11.3. The van der Waals surface area contributed by atoms with Gasteiger partial charge in [0.25, 0.3) is 0 Å². The van der Waals surface area contributed by atoms with E-state index in [1.165, 1.54) is 56.3 Å². The van der Waals surface area contributed by atoms with Crippen molar-refractivity contribution < 1.29 is 0 Å². The van der Waals surface area contributed by atoms with Gasteiger partial charge in [0.2, 0.25) is 5.95 Å². The van der Waals surface area contributed by atoms with Crippen molar-refractivity contribution in [3.05, 3.63) is 47.2 Å². The highest BCUT2D eigenvalue weighted by molar-refractivity contribution is 5.53. The molecular formula is C27H37N7. The van der Waals surface area contributed by atoms with Crippen molar-refractivity contribution in [3.8, 4) is 6.07 Å². The minimum atomic E-state index is 0.510. The van der Waals surface area contributed by atoms with Crippen LogP contribution in [0.15, 0.2) is 30.5 Å². The Balaban J connectivity index is 1.21. The molecule has 2 aromatic rings. The number of piperazine rings is 1. The normalized spacial score (nSPS) is 27.1. The average Bonchev–Trinajstić information content (AvgIpc) is 2.87. The summed E-state index contributed by atoms with van der Waals surface area (Å²) in [5.41, 5.74) is 2.97. The van der Waals surface area contributed by atoms with Crippen LogP contribution in [0.5, 0.6) is 0 Å². The van der Waals surface area contributed by atoms with Crippen LogP contribution in [0.1, 0.15) is 48.8 Å². The Kier molecular flexibility index (Phi) is 7.27. The molecule has 5 rings (SSSR count). The molecule has 3 aliphatic rings. The van der Waals surface area contributed by atoms with Crippen molar-refractivity contribution in [1.29, 1.82) is 5.26 Å². The molecule has 2 unspecified atom stereocenters. The Morgan fingerprint density at radius 3 is 2.62 bits per heavy atom. The molecule has 4 atom stereocenters. The predicted molar refractivity (Wildman–Crippen MR) is 136 cm³/mol. The van der Waals surface area contributed by atoms with Crippen LogP contribution in [0.3, 0.4) is 0 Å². The van der Waals surface area contributed by atoms with Gasteiger partial charge in [-0.1, -0.05) is 30.7 Å². The van der Waals surface area contributed by atoms with Crippen LogP contribution in [-0.4, -0.2) is 53.6 Å². The molecule has 0 amide bonds. The van der Waals surface area contributed by atoms with Gasteiger partial charge < -0.3 is 16.0 Å². The van der Waals surface area contributed by atoms with Gasteiger partial charge in [-0.3, -0.25) is 4.90 Å². The lowest BCUT2D eigenvalue weighted by atomic mass is 9.64. The minimum Gasteiger partial charge on any atom is -0.369 e. The number of nitriles is 1. The predicted octanol–water partition coefficient (Wildman–Crippen LogP) is 3.78. The monoisotopic (exact) mass is 459 g/mol. The van der Waals surface area contributed by atoms with Gasteiger partial charge in [-0.25, -0.2) is 4.98 Å². The van der Waals surface area contributed by atoms with Gasteiger partial charge >= 0.3 is 0 Å². The van der Waals surface area contributed by atoms with Crippen molar-refractivity contribution in [2.75, 3.05) is 43.4 Å². The number of aromatic nitrogens is 2. The SMILES string of the molecule is Cc1ccccc1CNc1ncc(C#N)c(NCC2C[C@H]3CCC[C@@H](C2)C3N2CCNCC2)n1. The van der Waals surface area contributed by atoms with Gasteiger partial charge in [0, 0.05) is 45.3 Å². The van der Waals surface area contributed by atoms with Gasteiger partial charge in [-0.2, -0.15) is 10.2 Å². The molecule has 3 N–H and O–H groups in total. The molecule has 2 aliphatic carbocycles. The first-order valence-corrected chi connectivity index (χ1v) is 13.0. The molecule has 2 heterocycles. The number of anilines is 2. The molecule has 2 bridgehead atoms. The molecule has 1 aromatic heterocycles. The van der Waals surface area contributed by atoms with Crippen molar-refractivity contribution >= 4 is 11.8 Å². The van der Waals surface area contributed by atoms with Gasteiger partial charge in [-0.15, -0.1) is 0 Å². The highest BCUT2D eigenvalue weighted by Gasteiger charge is 2.43. The van der Waals surface area contributed by atoms with Gasteiger partial charge in [0.15, 0.2) is 0 Å². The number of fused-ring (bicyclic) bond motifs is 2. The molecule has 0 radical (unpaired) electrons. The van der Waals surface area contributed by atoms with E-state index in [1.54, 1.807) is 6.20 Å². The lowest BCUT2D eigenvalue weighted by molar-refractivity contribution is -0.00377. The fraction of sp³-hybridized carbons (Fsp3) is 0.593. The number of aryl methyl sites for hydroxylation is 1. The quantitative estimate of drug-likeness (QED) is 0.581. The topological polar surface area (TPSA) is 88.9 Å². The fourth-order valence-corrected chi connectivity index (χ4v) is 6.49. The van der Waals surface area contributed by atoms with E-state index in [0.717, 1.165) is 37.5 Å². The Hall–Kier alpha value is -2.69. The van der Waals surface area contributed by atoms with E-state index in [0.29, 0.717) is 29.8 Å². The smallest absolute Gasteiger partial charge is 0.224 e. The number of benzene rings is 1. The van der Waals surface area contributed by atoms with E-state index in [1.807, 2.05) is 12.1 Å². The lowest BCUT2D eigenvalue weighted by Crippen LogP contribution is -2.57. The van der Waals surface area contributed by atoms with Crippen LogP contribution < -0.4 is 16.0 Å². The lowest BCUT2D eigenvalue weighted by Gasteiger charge is -2.51. The third kappa shape index (κ3) is 5.18. The minimum absolute atomic E-state index is 0.510. The molecule has 7 heteroatoms. The largest absolute Gasteiger partial charge is 0.369 e. The van der Waals surface area contributed by atoms with Gasteiger partial charge in [-0.05, 0) is 61.5 Å². The Morgan fingerprint density at radius 2 is 1.88 bits per heavy atom. The summed E-state index contributed by atoms with van der Waals surface area (Å²) >= 11 is 0. The molecular weight excluding hydrogens is 422 g/mol. The molecule has 1 saturated heterocycles. The summed E-state index contributed by atoms with van der Waals surface area (Å²) < 4.78 is 0. The van der Waals surface area contributed by atoms with E-state index in [2.05, 4.69) is 55.9 Å². The van der Waals surface area contributed by atoms with Crippen LogP contribution in [-0.2, 0) is 6.54 Å². The number of nitrogens with one attached hydrogen (secondary N) is 3. The number of hydrogen-bond acceptors (Lipinski definition) is 7. The third-order valence-corrected chi connectivity index (χ3v) is 8.13. The maximum atomic E-state index is 9.60. The Labute approximate surface area is 203 Å². The van der Waals surface area contributed by atoms with Crippen molar-refractivity contribution in [2.24, 2.45) is 17.8 Å². The summed E-state index contributed by atoms with van der Waals surface area (Å²) in [6.45, 7) is 8.31. The zero-order valence-electron chi connectivity index (χ0n) is 20.3. The van der Waals surface area contributed by atoms with E-state index in [9.17, 15) is 5.26 Å². The van der Waals surface area contributed by atoms with Gasteiger partial charge in [0.05, 0.1) is 6.20 Å². The van der Waals surface area contributed by atoms with E-state index >= 15 is 0 Å². The summed E-state index contributed by atoms with van der Waals surface area (Å²) in [7, 11) is 0. The van der Waals surface area contributed by atoms with Crippen molar-refractivity contribution in [3.63, 3.8) is 0 Å². The summed E-state index contributed by atoms with van der Waals surface area (Å²) in [5, 5.41) is 20.0. The van der Waals surface area contributed by atoms with Crippen molar-refractivity contribution in [1.82, 2.24) is 20.2 Å². The second-order valence-electron chi connectivity index (χ2n) is 10.3. The molecule has 1 aromatic carbocycles. The number of nitrogens with zero attached hydrogens (tertiary/aromatic N) is 4. The number of hydrogen-bond donors (Lipinski definition) is 3. The number of rotatable bonds is 7. The highest BCUT2D eigenvalue weighted by atomic mass is 15.2. The maximum Gasteiger partial charge on any atom is 0.224 e. The molecule has 0 spiro atoms. The summed E-state index contributed by atoms with van der Waals surface area (Å²) in [6.07, 6.45) is 8.31. The summed E-state index contributed by atoms with van der Waals surface area (Å²) in [5.74, 6) is 3.47. The van der Waals surface area contributed by atoms with E-state index < -0.39 is 0 Å². The summed E-state index contributed by atoms with van der Waals surface area (Å²) in [4.78, 5) is 11.8. The van der Waals surface area contributed by atoms with Crippen LogP contribution in [0, 0.1) is 36.0 Å². The molecule has 180 valence electrons. The first-order chi connectivity index (χ1) is 16.7. The van der Waals surface area contributed by atoms with E-state index in [-0.39, 0.29) is 0 Å². The molecule has 7 nitrogen and oxygen atoms in total. The molecule has 34 heavy (non-hydrogen) atoms. The Bertz CT molecular complexity index is 996. The fourth-order valence-electron chi connectivity index (χ4n) is 6.49. The zero-order chi connectivity index (χ0) is 23.3. The second-order valence-corrected chi connectivity index (χ2v) is 10.3. The van der Waals surface area contributed by atoms with Crippen LogP contribution in [0.2, 0.25) is 0 Å². The highest BCUT2D eigenvalue weighted by Crippen LogP contribution is 2.45. The molecule has 1 aliphatic heterocycles. The average molecular weight is 460 g/mol. The first-order valence-electron chi connectivity index (χ1n) is 13.0. The second kappa shape index (κ2) is 10.7. The van der Waals surface area contributed by atoms with Crippen LogP contribution in [0.4, 0.5) is 11.8 Å². The third-order valence-electron chi connectivity index (χ3n) is 8.13. The van der Waals surface area contributed by atoms with E-state index in [4.69, 9.17) is 0 Å². The standard InChI is InChI=1S/C27H37N7/c1-19-5-2-3-6-23(19)17-31-27-32-18-24(15-28)26(33-27)30-16-20-13-21-7-4-8-22(14-20)25(21)34-11-9-29-10-12-34/h2-3,5-6,18,20-22,25,29H,4,7-14,16-17H2,1H3,(H2,30,31,32,33)/t20?,21-,22+,25?. The zero-order valence-corrected chi connectivity index (χ0v) is 20.3. The molecule has 2 saturated carbocycles. The molecule has 3 fully saturated rings. The van der Waals surface area contributed by atoms with Gasteiger partial charge in [0.1, 0.15) is 17.5 Å². The first kappa shape index (κ1) is 23.1. The van der Waals surface area contributed by atoms with Crippen LogP contribution in [0.25, 0.3) is 0 Å².